The Bertz CT molecular complexity index is 1380. The number of amides is 1. The van der Waals surface area contributed by atoms with Crippen LogP contribution in [0.4, 0.5) is 5.69 Å². The molecule has 0 saturated carbocycles. The summed E-state index contributed by atoms with van der Waals surface area (Å²) in [6.45, 7) is 8.55. The molecule has 0 aliphatic heterocycles. The molecule has 5 nitrogen and oxygen atoms in total. The molecule has 0 bridgehead atoms. The molecule has 1 amide bonds. The van der Waals surface area contributed by atoms with Crippen molar-refractivity contribution in [1.82, 2.24) is 4.98 Å². The molecule has 4 aromatic rings. The van der Waals surface area contributed by atoms with Gasteiger partial charge in [0.25, 0.3) is 11.5 Å². The molecule has 5 heteroatoms. The first-order chi connectivity index (χ1) is 16.2. The third-order valence-electron chi connectivity index (χ3n) is 6.03. The predicted molar refractivity (Wildman–Crippen MR) is 138 cm³/mol. The summed E-state index contributed by atoms with van der Waals surface area (Å²) in [4.78, 5) is 31.2. The van der Waals surface area contributed by atoms with E-state index in [9.17, 15) is 9.59 Å². The van der Waals surface area contributed by atoms with Gasteiger partial charge in [0.2, 0.25) is 0 Å². The van der Waals surface area contributed by atoms with Crippen LogP contribution in [0.2, 0.25) is 0 Å². The van der Waals surface area contributed by atoms with E-state index in [4.69, 9.17) is 4.74 Å². The van der Waals surface area contributed by atoms with Crippen LogP contribution in [0.5, 0.6) is 5.75 Å². The largest absolute Gasteiger partial charge is 0.497 e. The minimum absolute atomic E-state index is 0.00596. The van der Waals surface area contributed by atoms with E-state index in [2.05, 4.69) is 25.8 Å². The maximum atomic E-state index is 13.7. The fraction of sp³-hybridized carbons (Fsp3) is 0.241. The van der Waals surface area contributed by atoms with Gasteiger partial charge in [0.15, 0.2) is 0 Å². The van der Waals surface area contributed by atoms with Crippen molar-refractivity contribution in [3.8, 4) is 5.75 Å². The van der Waals surface area contributed by atoms with Gasteiger partial charge in [-0.3, -0.25) is 9.59 Å². The number of benzene rings is 3. The number of aryl methyl sites for hydroxylation is 1. The fourth-order valence-corrected chi connectivity index (χ4v) is 3.96. The first kappa shape index (κ1) is 23.3. The predicted octanol–water partition coefficient (Wildman–Crippen LogP) is 5.99. The number of fused-ring (bicyclic) bond motifs is 1. The molecule has 1 heterocycles. The molecule has 0 unspecified atom stereocenters. The fourth-order valence-electron chi connectivity index (χ4n) is 3.96. The van der Waals surface area contributed by atoms with Crippen LogP contribution in [0.25, 0.3) is 10.9 Å². The van der Waals surface area contributed by atoms with Crippen molar-refractivity contribution in [2.75, 3.05) is 12.0 Å². The van der Waals surface area contributed by atoms with Gasteiger partial charge in [-0.05, 0) is 77.4 Å². The van der Waals surface area contributed by atoms with Crippen LogP contribution in [0.3, 0.4) is 0 Å². The Morgan fingerprint density at radius 1 is 0.941 bits per heavy atom. The van der Waals surface area contributed by atoms with Crippen molar-refractivity contribution in [2.45, 2.75) is 39.7 Å². The van der Waals surface area contributed by atoms with Gasteiger partial charge >= 0.3 is 0 Å². The molecule has 0 aliphatic carbocycles. The van der Waals surface area contributed by atoms with Crippen LogP contribution in [-0.2, 0) is 12.0 Å². The van der Waals surface area contributed by atoms with Gasteiger partial charge in [0, 0.05) is 22.3 Å². The lowest BCUT2D eigenvalue weighted by Crippen LogP contribution is -2.33. The molecule has 0 atom stereocenters. The molecule has 3 aromatic carbocycles. The Balaban J connectivity index is 1.74. The third-order valence-corrected chi connectivity index (χ3v) is 6.03. The van der Waals surface area contributed by atoms with E-state index in [1.807, 2.05) is 79.7 Å². The minimum atomic E-state index is -0.201. The number of ether oxygens (including phenoxy) is 1. The molecule has 0 radical (unpaired) electrons. The highest BCUT2D eigenvalue weighted by atomic mass is 16.5. The highest BCUT2D eigenvalue weighted by molar-refractivity contribution is 6.06. The Kier molecular flexibility index (Phi) is 6.29. The molecular weight excluding hydrogens is 424 g/mol. The van der Waals surface area contributed by atoms with Crippen LogP contribution in [0.1, 0.15) is 47.8 Å². The molecule has 34 heavy (non-hydrogen) atoms. The van der Waals surface area contributed by atoms with Gasteiger partial charge in [-0.2, -0.15) is 0 Å². The smallest absolute Gasteiger partial charge is 0.258 e. The van der Waals surface area contributed by atoms with E-state index >= 15 is 0 Å². The maximum absolute atomic E-state index is 13.7. The van der Waals surface area contributed by atoms with E-state index < -0.39 is 0 Å². The molecule has 0 fully saturated rings. The van der Waals surface area contributed by atoms with Crippen LogP contribution in [0.15, 0.2) is 77.6 Å². The van der Waals surface area contributed by atoms with E-state index in [0.29, 0.717) is 22.6 Å². The SMILES string of the molecule is COc1ccc(N(Cc2cc3ccc(C)cc3[nH]c2=O)C(=O)c2ccc(C(C)(C)C)cc2)cc1. The van der Waals surface area contributed by atoms with Gasteiger partial charge < -0.3 is 14.6 Å². The molecule has 174 valence electrons. The van der Waals surface area contributed by atoms with Crippen LogP contribution < -0.4 is 15.2 Å². The van der Waals surface area contributed by atoms with Gasteiger partial charge in [0.05, 0.1) is 13.7 Å². The number of pyridine rings is 1. The monoisotopic (exact) mass is 454 g/mol. The number of anilines is 1. The standard InChI is InChI=1S/C29H30N2O3/c1-19-6-7-21-17-22(27(32)30-26(21)16-19)18-31(24-12-14-25(34-5)15-13-24)28(33)20-8-10-23(11-9-20)29(2,3)4/h6-17H,18H2,1-5H3,(H,30,32). The van der Waals surface area contributed by atoms with Crippen molar-refractivity contribution in [3.05, 3.63) is 105 Å². The first-order valence-corrected chi connectivity index (χ1v) is 11.3. The van der Waals surface area contributed by atoms with Crippen molar-refractivity contribution in [2.24, 2.45) is 0 Å². The number of hydrogen-bond donors (Lipinski definition) is 1. The quantitative estimate of drug-likeness (QED) is 0.403. The van der Waals surface area contributed by atoms with Gasteiger partial charge in [0.1, 0.15) is 5.75 Å². The van der Waals surface area contributed by atoms with Gasteiger partial charge in [-0.25, -0.2) is 0 Å². The Hall–Kier alpha value is -3.86. The van der Waals surface area contributed by atoms with E-state index in [-0.39, 0.29) is 23.4 Å². The number of rotatable bonds is 5. The summed E-state index contributed by atoms with van der Waals surface area (Å²) in [6.07, 6.45) is 0. The van der Waals surface area contributed by atoms with Crippen LogP contribution in [-0.4, -0.2) is 18.0 Å². The second kappa shape index (κ2) is 9.18. The highest BCUT2D eigenvalue weighted by Gasteiger charge is 2.21. The van der Waals surface area contributed by atoms with Gasteiger partial charge in [-0.1, -0.05) is 45.0 Å². The molecule has 0 saturated heterocycles. The number of methoxy groups -OCH3 is 1. The lowest BCUT2D eigenvalue weighted by atomic mass is 9.86. The lowest BCUT2D eigenvalue weighted by molar-refractivity contribution is 0.0985. The zero-order valence-electron chi connectivity index (χ0n) is 20.3. The number of aromatic nitrogens is 1. The van der Waals surface area contributed by atoms with Crippen molar-refractivity contribution >= 4 is 22.5 Å². The normalized spacial score (nSPS) is 11.4. The van der Waals surface area contributed by atoms with E-state index in [1.54, 1.807) is 12.0 Å². The molecular formula is C29H30N2O3. The molecule has 1 aromatic heterocycles. The zero-order valence-corrected chi connectivity index (χ0v) is 20.3. The first-order valence-electron chi connectivity index (χ1n) is 11.3. The van der Waals surface area contributed by atoms with E-state index in [1.165, 1.54) is 0 Å². The average Bonchev–Trinajstić information content (AvgIpc) is 2.82. The Labute approximate surface area is 200 Å². The number of carbonyl (C=O) groups is 1. The Morgan fingerprint density at radius 2 is 1.62 bits per heavy atom. The van der Waals surface area contributed by atoms with Crippen molar-refractivity contribution in [1.29, 1.82) is 0 Å². The summed E-state index contributed by atoms with van der Waals surface area (Å²) >= 11 is 0. The lowest BCUT2D eigenvalue weighted by Gasteiger charge is -2.24. The number of H-pyrrole nitrogens is 1. The Morgan fingerprint density at radius 3 is 2.24 bits per heavy atom. The van der Waals surface area contributed by atoms with Crippen LogP contribution in [0, 0.1) is 6.92 Å². The summed E-state index contributed by atoms with van der Waals surface area (Å²) < 4.78 is 5.28. The minimum Gasteiger partial charge on any atom is -0.497 e. The summed E-state index contributed by atoms with van der Waals surface area (Å²) in [5.74, 6) is 0.527. The number of hydrogen-bond acceptors (Lipinski definition) is 3. The average molecular weight is 455 g/mol. The van der Waals surface area contributed by atoms with E-state index in [0.717, 1.165) is 22.0 Å². The maximum Gasteiger partial charge on any atom is 0.258 e. The highest BCUT2D eigenvalue weighted by Crippen LogP contribution is 2.26. The molecule has 1 N–H and O–H groups in total. The molecule has 0 aliphatic rings. The summed E-state index contributed by atoms with van der Waals surface area (Å²) in [5, 5.41) is 0.928. The van der Waals surface area contributed by atoms with Gasteiger partial charge in [-0.15, -0.1) is 0 Å². The van der Waals surface area contributed by atoms with Crippen molar-refractivity contribution < 1.29 is 9.53 Å². The third kappa shape index (κ3) is 4.88. The topological polar surface area (TPSA) is 62.4 Å². The number of aromatic amines is 1. The number of carbonyl (C=O) groups excluding carboxylic acids is 1. The number of nitrogens with one attached hydrogen (secondary N) is 1. The molecule has 0 spiro atoms. The zero-order chi connectivity index (χ0) is 24.5. The second-order valence-electron chi connectivity index (χ2n) is 9.63. The summed E-state index contributed by atoms with van der Waals surface area (Å²) in [6, 6.07) is 22.8. The summed E-state index contributed by atoms with van der Waals surface area (Å²) in [5.41, 5.74) is 4.58. The molecule has 4 rings (SSSR count). The van der Waals surface area contributed by atoms with Crippen molar-refractivity contribution in [3.63, 3.8) is 0 Å². The number of nitrogens with zero attached hydrogens (tertiary/aromatic N) is 1. The summed E-state index contributed by atoms with van der Waals surface area (Å²) in [7, 11) is 1.60. The second-order valence-corrected chi connectivity index (χ2v) is 9.63. The van der Waals surface area contributed by atoms with Crippen LogP contribution >= 0.6 is 0 Å².